The van der Waals surface area contributed by atoms with Gasteiger partial charge in [-0.2, -0.15) is 0 Å². The molecular formula is C12H17NO3. The van der Waals surface area contributed by atoms with Gasteiger partial charge in [-0.05, 0) is 24.6 Å². The number of phenols is 1. The molecule has 16 heavy (non-hydrogen) atoms. The molecule has 4 nitrogen and oxygen atoms in total. The molecule has 4 heteroatoms. The topological polar surface area (TPSA) is 83.5 Å². The number of aromatic hydroxyl groups is 1. The number of carboxylic acid groups (broad SMARTS) is 1. The number of hydrogen-bond acceptors (Lipinski definition) is 3. The fourth-order valence-corrected chi connectivity index (χ4v) is 1.45. The first-order chi connectivity index (χ1) is 7.19. The molecule has 0 fully saturated rings. The molecule has 0 aliphatic rings. The highest BCUT2D eigenvalue weighted by Gasteiger charge is 2.45. The lowest BCUT2D eigenvalue weighted by Gasteiger charge is -2.38. The summed E-state index contributed by atoms with van der Waals surface area (Å²) in [4.78, 5) is 11.1. The van der Waals surface area contributed by atoms with Crippen LogP contribution in [0.25, 0.3) is 0 Å². The second-order valence-corrected chi connectivity index (χ2v) is 4.68. The van der Waals surface area contributed by atoms with Crippen LogP contribution in [0.3, 0.4) is 0 Å². The van der Waals surface area contributed by atoms with Crippen molar-refractivity contribution in [1.82, 2.24) is 0 Å². The van der Waals surface area contributed by atoms with Crippen molar-refractivity contribution >= 4 is 5.97 Å². The molecule has 4 N–H and O–H groups in total. The summed E-state index contributed by atoms with van der Waals surface area (Å²) >= 11 is 0. The molecule has 1 rings (SSSR count). The van der Waals surface area contributed by atoms with Crippen LogP contribution >= 0.6 is 0 Å². The van der Waals surface area contributed by atoms with E-state index in [2.05, 4.69) is 0 Å². The molecule has 0 spiro atoms. The lowest BCUT2D eigenvalue weighted by atomic mass is 9.69. The zero-order valence-corrected chi connectivity index (χ0v) is 9.69. The minimum absolute atomic E-state index is 0.147. The number of rotatable bonds is 3. The first kappa shape index (κ1) is 12.5. The third kappa shape index (κ3) is 1.88. The van der Waals surface area contributed by atoms with Gasteiger partial charge in [0.1, 0.15) is 11.3 Å². The Bertz CT molecular complexity index is 393. The maximum Gasteiger partial charge on any atom is 0.324 e. The summed E-state index contributed by atoms with van der Waals surface area (Å²) in [5, 5.41) is 18.3. The van der Waals surface area contributed by atoms with E-state index in [1.807, 2.05) is 0 Å². The van der Waals surface area contributed by atoms with E-state index in [1.165, 1.54) is 19.1 Å². The van der Waals surface area contributed by atoms with Crippen molar-refractivity contribution in [1.29, 1.82) is 0 Å². The van der Waals surface area contributed by atoms with Gasteiger partial charge >= 0.3 is 5.97 Å². The Morgan fingerprint density at radius 2 is 1.62 bits per heavy atom. The summed E-state index contributed by atoms with van der Waals surface area (Å²) in [7, 11) is 0. The van der Waals surface area contributed by atoms with Crippen molar-refractivity contribution in [2.45, 2.75) is 31.7 Å². The third-order valence-corrected chi connectivity index (χ3v) is 3.33. The highest BCUT2D eigenvalue weighted by atomic mass is 16.4. The lowest BCUT2D eigenvalue weighted by Crippen LogP contribution is -2.58. The maximum absolute atomic E-state index is 11.1. The van der Waals surface area contributed by atoms with Crippen LogP contribution in [0.1, 0.15) is 26.3 Å². The lowest BCUT2D eigenvalue weighted by molar-refractivity contribution is -0.145. The molecule has 0 bridgehead atoms. The zero-order chi connectivity index (χ0) is 12.6. The SMILES string of the molecule is CC(C)(c1ccc(O)cc1)[C@](C)(N)C(=O)O. The fraction of sp³-hybridized carbons (Fsp3) is 0.417. The second kappa shape index (κ2) is 3.79. The average molecular weight is 223 g/mol. The molecule has 0 heterocycles. The fourth-order valence-electron chi connectivity index (χ4n) is 1.45. The Hall–Kier alpha value is -1.55. The molecule has 88 valence electrons. The van der Waals surface area contributed by atoms with E-state index in [0.717, 1.165) is 5.56 Å². The molecule has 0 aliphatic carbocycles. The van der Waals surface area contributed by atoms with Gasteiger partial charge in [-0.1, -0.05) is 26.0 Å². The van der Waals surface area contributed by atoms with Gasteiger partial charge in [-0.25, -0.2) is 0 Å². The van der Waals surface area contributed by atoms with Crippen LogP contribution in [0.2, 0.25) is 0 Å². The Kier molecular flexibility index (Phi) is 2.97. The molecule has 0 saturated heterocycles. The van der Waals surface area contributed by atoms with Gasteiger partial charge in [-0.15, -0.1) is 0 Å². The Labute approximate surface area is 94.7 Å². The molecule has 1 aromatic rings. The molecule has 0 amide bonds. The van der Waals surface area contributed by atoms with Gasteiger partial charge in [0.15, 0.2) is 0 Å². The monoisotopic (exact) mass is 223 g/mol. The molecule has 1 atom stereocenters. The van der Waals surface area contributed by atoms with Crippen LogP contribution in [0, 0.1) is 0 Å². The quantitative estimate of drug-likeness (QED) is 0.724. The number of phenolic OH excluding ortho intramolecular Hbond substituents is 1. The minimum Gasteiger partial charge on any atom is -0.508 e. The van der Waals surface area contributed by atoms with Crippen LogP contribution in [0.15, 0.2) is 24.3 Å². The molecule has 0 aliphatic heterocycles. The van der Waals surface area contributed by atoms with E-state index in [0.29, 0.717) is 0 Å². The average Bonchev–Trinajstić information content (AvgIpc) is 2.17. The largest absolute Gasteiger partial charge is 0.508 e. The van der Waals surface area contributed by atoms with Gasteiger partial charge in [0.05, 0.1) is 0 Å². The second-order valence-electron chi connectivity index (χ2n) is 4.68. The van der Waals surface area contributed by atoms with Crippen LogP contribution < -0.4 is 5.73 Å². The molecule has 1 aromatic carbocycles. The minimum atomic E-state index is -1.37. The molecular weight excluding hydrogens is 206 g/mol. The highest BCUT2D eigenvalue weighted by molar-refractivity contribution is 5.80. The van der Waals surface area contributed by atoms with Crippen LogP contribution in [0.5, 0.6) is 5.75 Å². The summed E-state index contributed by atoms with van der Waals surface area (Å²) in [5.41, 5.74) is 4.52. The van der Waals surface area contributed by atoms with Gasteiger partial charge in [0.25, 0.3) is 0 Å². The normalized spacial score (nSPS) is 15.5. The maximum atomic E-state index is 11.1. The summed E-state index contributed by atoms with van der Waals surface area (Å²) in [5.74, 6) is -0.904. The number of aliphatic carboxylic acids is 1. The van der Waals surface area contributed by atoms with Gasteiger partial charge in [0, 0.05) is 5.41 Å². The predicted octanol–water partition coefficient (Wildman–Crippen LogP) is 1.47. The summed E-state index contributed by atoms with van der Waals surface area (Å²) < 4.78 is 0. The van der Waals surface area contributed by atoms with Crippen LogP contribution in [0.4, 0.5) is 0 Å². The zero-order valence-electron chi connectivity index (χ0n) is 9.69. The standard InChI is InChI=1S/C12H17NO3/c1-11(2,12(3,13)10(15)16)8-4-6-9(14)7-5-8/h4-7,14H,13H2,1-3H3,(H,15,16)/t12-/m1/s1. The third-order valence-electron chi connectivity index (χ3n) is 3.33. The summed E-state index contributed by atoms with van der Waals surface area (Å²) in [6, 6.07) is 6.41. The van der Waals surface area contributed by atoms with E-state index in [4.69, 9.17) is 10.8 Å². The van der Waals surface area contributed by atoms with Crippen molar-refractivity contribution in [2.75, 3.05) is 0 Å². The van der Waals surface area contributed by atoms with Crippen LogP contribution in [-0.2, 0) is 10.2 Å². The van der Waals surface area contributed by atoms with Crippen LogP contribution in [-0.4, -0.2) is 21.7 Å². The van der Waals surface area contributed by atoms with Crippen molar-refractivity contribution < 1.29 is 15.0 Å². The summed E-state index contributed by atoms with van der Waals surface area (Å²) in [6.45, 7) is 5.03. The van der Waals surface area contributed by atoms with Crippen molar-refractivity contribution in [2.24, 2.45) is 5.73 Å². The van der Waals surface area contributed by atoms with E-state index in [1.54, 1.807) is 26.0 Å². The number of nitrogens with two attached hydrogens (primary N) is 1. The number of carboxylic acids is 1. The Morgan fingerprint density at radius 1 is 1.19 bits per heavy atom. The van der Waals surface area contributed by atoms with Gasteiger partial charge in [-0.3, -0.25) is 4.79 Å². The van der Waals surface area contributed by atoms with E-state index < -0.39 is 16.9 Å². The van der Waals surface area contributed by atoms with Gasteiger partial charge in [0.2, 0.25) is 0 Å². The Balaban J connectivity index is 3.20. The van der Waals surface area contributed by atoms with E-state index in [-0.39, 0.29) is 5.75 Å². The smallest absolute Gasteiger partial charge is 0.324 e. The predicted molar refractivity (Wildman–Crippen MR) is 61.4 cm³/mol. The van der Waals surface area contributed by atoms with Crippen molar-refractivity contribution in [3.63, 3.8) is 0 Å². The van der Waals surface area contributed by atoms with Gasteiger partial charge < -0.3 is 15.9 Å². The van der Waals surface area contributed by atoms with Crippen molar-refractivity contribution in [3.05, 3.63) is 29.8 Å². The van der Waals surface area contributed by atoms with E-state index in [9.17, 15) is 9.90 Å². The molecule has 0 saturated carbocycles. The summed E-state index contributed by atoms with van der Waals surface area (Å²) in [6.07, 6.45) is 0. The molecule has 0 unspecified atom stereocenters. The Morgan fingerprint density at radius 3 is 2.00 bits per heavy atom. The molecule has 0 aromatic heterocycles. The highest BCUT2D eigenvalue weighted by Crippen LogP contribution is 2.34. The number of benzene rings is 1. The number of hydrogen-bond donors (Lipinski definition) is 3. The number of carbonyl (C=O) groups is 1. The van der Waals surface area contributed by atoms with Crippen molar-refractivity contribution in [3.8, 4) is 5.75 Å². The first-order valence-electron chi connectivity index (χ1n) is 5.01. The first-order valence-corrected chi connectivity index (χ1v) is 5.01. The molecule has 0 radical (unpaired) electrons. The van der Waals surface area contributed by atoms with E-state index >= 15 is 0 Å².